The summed E-state index contributed by atoms with van der Waals surface area (Å²) in [6.45, 7) is 8.82. The SMILES string of the molecule is CCOc1cccc(CNC(=O)NC(C)c2ccc(OC(C)C)c(OC)c2)c1. The van der Waals surface area contributed by atoms with Crippen LogP contribution >= 0.6 is 0 Å². The topological polar surface area (TPSA) is 68.8 Å². The number of hydrogen-bond donors (Lipinski definition) is 2. The van der Waals surface area contributed by atoms with Crippen LogP contribution in [0.4, 0.5) is 4.79 Å². The highest BCUT2D eigenvalue weighted by Crippen LogP contribution is 2.31. The minimum Gasteiger partial charge on any atom is -0.494 e. The third kappa shape index (κ3) is 6.37. The molecule has 0 fully saturated rings. The zero-order valence-corrected chi connectivity index (χ0v) is 17.2. The average Bonchev–Trinajstić information content (AvgIpc) is 2.67. The second-order valence-corrected chi connectivity index (χ2v) is 6.71. The van der Waals surface area contributed by atoms with Crippen molar-refractivity contribution in [3.05, 3.63) is 53.6 Å². The van der Waals surface area contributed by atoms with E-state index in [2.05, 4.69) is 10.6 Å². The van der Waals surface area contributed by atoms with Crippen molar-refractivity contribution in [2.24, 2.45) is 0 Å². The Hall–Kier alpha value is -2.89. The van der Waals surface area contributed by atoms with Gasteiger partial charge in [-0.3, -0.25) is 0 Å². The van der Waals surface area contributed by atoms with Crippen molar-refractivity contribution in [1.82, 2.24) is 10.6 Å². The molecule has 2 N–H and O–H groups in total. The first-order chi connectivity index (χ1) is 13.4. The van der Waals surface area contributed by atoms with Crippen molar-refractivity contribution >= 4 is 6.03 Å². The van der Waals surface area contributed by atoms with Crippen molar-refractivity contribution in [2.45, 2.75) is 46.4 Å². The monoisotopic (exact) mass is 386 g/mol. The maximum Gasteiger partial charge on any atom is 0.315 e. The number of carbonyl (C=O) groups is 1. The number of rotatable bonds is 9. The number of amides is 2. The van der Waals surface area contributed by atoms with Crippen molar-refractivity contribution in [3.63, 3.8) is 0 Å². The van der Waals surface area contributed by atoms with Crippen LogP contribution in [0.1, 0.15) is 44.9 Å². The van der Waals surface area contributed by atoms with Crippen molar-refractivity contribution < 1.29 is 19.0 Å². The highest BCUT2D eigenvalue weighted by Gasteiger charge is 2.13. The first kappa shape index (κ1) is 21.4. The van der Waals surface area contributed by atoms with Gasteiger partial charge in [-0.05, 0) is 63.1 Å². The van der Waals surface area contributed by atoms with E-state index in [9.17, 15) is 4.79 Å². The van der Waals surface area contributed by atoms with E-state index in [0.29, 0.717) is 24.7 Å². The van der Waals surface area contributed by atoms with Crippen LogP contribution < -0.4 is 24.8 Å². The summed E-state index contributed by atoms with van der Waals surface area (Å²) in [4.78, 5) is 12.3. The van der Waals surface area contributed by atoms with E-state index < -0.39 is 0 Å². The summed E-state index contributed by atoms with van der Waals surface area (Å²) < 4.78 is 16.6. The molecule has 0 aromatic heterocycles. The second kappa shape index (κ2) is 10.4. The highest BCUT2D eigenvalue weighted by atomic mass is 16.5. The predicted octanol–water partition coefficient (Wildman–Crippen LogP) is 4.44. The molecule has 2 rings (SSSR count). The van der Waals surface area contributed by atoms with E-state index in [-0.39, 0.29) is 18.2 Å². The molecule has 0 saturated carbocycles. The predicted molar refractivity (Wildman–Crippen MR) is 110 cm³/mol. The Balaban J connectivity index is 1.93. The Labute approximate surface area is 167 Å². The van der Waals surface area contributed by atoms with Crippen LogP contribution in [0.15, 0.2) is 42.5 Å². The van der Waals surface area contributed by atoms with E-state index in [1.54, 1.807) is 7.11 Å². The number of benzene rings is 2. The molecule has 0 saturated heterocycles. The largest absolute Gasteiger partial charge is 0.494 e. The Morgan fingerprint density at radius 1 is 1.07 bits per heavy atom. The van der Waals surface area contributed by atoms with E-state index in [0.717, 1.165) is 16.9 Å². The number of hydrogen-bond acceptors (Lipinski definition) is 4. The Kier molecular flexibility index (Phi) is 7.99. The van der Waals surface area contributed by atoms with Crippen LogP contribution in [0.3, 0.4) is 0 Å². The number of ether oxygens (including phenoxy) is 3. The molecule has 2 aromatic rings. The molecule has 2 aromatic carbocycles. The molecule has 0 bridgehead atoms. The summed E-state index contributed by atoms with van der Waals surface area (Å²) in [6, 6.07) is 12.9. The molecular formula is C22H30N2O4. The number of carbonyl (C=O) groups excluding carboxylic acids is 1. The molecule has 0 radical (unpaired) electrons. The summed E-state index contributed by atoms with van der Waals surface area (Å²) in [6.07, 6.45) is 0.0577. The molecule has 28 heavy (non-hydrogen) atoms. The quantitative estimate of drug-likeness (QED) is 0.668. The van der Waals surface area contributed by atoms with Gasteiger partial charge in [0.1, 0.15) is 5.75 Å². The summed E-state index contributed by atoms with van der Waals surface area (Å²) in [5.41, 5.74) is 1.91. The fourth-order valence-corrected chi connectivity index (χ4v) is 2.73. The average molecular weight is 386 g/mol. The molecule has 1 atom stereocenters. The highest BCUT2D eigenvalue weighted by molar-refractivity contribution is 5.74. The van der Waals surface area contributed by atoms with Crippen LogP contribution in [0.5, 0.6) is 17.2 Å². The summed E-state index contributed by atoms with van der Waals surface area (Å²) in [5, 5.41) is 5.81. The fraction of sp³-hybridized carbons (Fsp3) is 0.409. The summed E-state index contributed by atoms with van der Waals surface area (Å²) in [5.74, 6) is 2.13. The third-order valence-electron chi connectivity index (χ3n) is 4.06. The van der Waals surface area contributed by atoms with Crippen LogP contribution in [0.2, 0.25) is 0 Å². The molecule has 0 heterocycles. The van der Waals surface area contributed by atoms with Gasteiger partial charge in [0.25, 0.3) is 0 Å². The molecule has 0 aliphatic carbocycles. The van der Waals surface area contributed by atoms with E-state index in [4.69, 9.17) is 14.2 Å². The molecule has 1 unspecified atom stereocenters. The van der Waals surface area contributed by atoms with Gasteiger partial charge in [-0.15, -0.1) is 0 Å². The first-order valence-corrected chi connectivity index (χ1v) is 9.53. The molecule has 6 heteroatoms. The summed E-state index contributed by atoms with van der Waals surface area (Å²) in [7, 11) is 1.60. The van der Waals surface area contributed by atoms with Crippen molar-refractivity contribution in [3.8, 4) is 17.2 Å². The van der Waals surface area contributed by atoms with Gasteiger partial charge < -0.3 is 24.8 Å². The number of urea groups is 1. The lowest BCUT2D eigenvalue weighted by Crippen LogP contribution is -2.36. The van der Waals surface area contributed by atoms with Gasteiger partial charge in [0.15, 0.2) is 11.5 Å². The summed E-state index contributed by atoms with van der Waals surface area (Å²) >= 11 is 0. The molecule has 0 spiro atoms. The van der Waals surface area contributed by atoms with E-state index >= 15 is 0 Å². The molecule has 152 valence electrons. The molecule has 0 aliphatic rings. The third-order valence-corrected chi connectivity index (χ3v) is 4.06. The Bertz CT molecular complexity index is 777. The molecule has 2 amide bonds. The van der Waals surface area contributed by atoms with Crippen LogP contribution in [-0.2, 0) is 6.54 Å². The second-order valence-electron chi connectivity index (χ2n) is 6.71. The van der Waals surface area contributed by atoms with Crippen molar-refractivity contribution in [2.75, 3.05) is 13.7 Å². The lowest BCUT2D eigenvalue weighted by Gasteiger charge is -2.18. The van der Waals surface area contributed by atoms with Crippen LogP contribution in [0, 0.1) is 0 Å². The fourth-order valence-electron chi connectivity index (χ4n) is 2.73. The first-order valence-electron chi connectivity index (χ1n) is 9.53. The normalized spacial score (nSPS) is 11.6. The van der Waals surface area contributed by atoms with Crippen molar-refractivity contribution in [1.29, 1.82) is 0 Å². The number of methoxy groups -OCH3 is 1. The van der Waals surface area contributed by atoms with Crippen LogP contribution in [-0.4, -0.2) is 25.9 Å². The molecular weight excluding hydrogens is 356 g/mol. The zero-order valence-electron chi connectivity index (χ0n) is 17.2. The maximum absolute atomic E-state index is 12.3. The minimum absolute atomic E-state index is 0.0577. The Morgan fingerprint density at radius 2 is 1.86 bits per heavy atom. The van der Waals surface area contributed by atoms with Gasteiger partial charge in [0.05, 0.1) is 25.9 Å². The lowest BCUT2D eigenvalue weighted by molar-refractivity contribution is 0.230. The lowest BCUT2D eigenvalue weighted by atomic mass is 10.1. The smallest absolute Gasteiger partial charge is 0.315 e. The van der Waals surface area contributed by atoms with Gasteiger partial charge >= 0.3 is 6.03 Å². The number of nitrogens with one attached hydrogen (secondary N) is 2. The zero-order chi connectivity index (χ0) is 20.5. The molecule has 0 aliphatic heterocycles. The minimum atomic E-state index is -0.240. The van der Waals surface area contributed by atoms with Gasteiger partial charge in [-0.2, -0.15) is 0 Å². The van der Waals surface area contributed by atoms with Gasteiger partial charge in [-0.1, -0.05) is 18.2 Å². The van der Waals surface area contributed by atoms with Gasteiger partial charge in [0, 0.05) is 6.54 Å². The van der Waals surface area contributed by atoms with Crippen LogP contribution in [0.25, 0.3) is 0 Å². The maximum atomic E-state index is 12.3. The van der Waals surface area contributed by atoms with Gasteiger partial charge in [0.2, 0.25) is 0 Å². The Morgan fingerprint density at radius 3 is 2.54 bits per heavy atom. The van der Waals surface area contributed by atoms with E-state index in [1.165, 1.54) is 0 Å². The standard InChI is InChI=1S/C22H30N2O4/c1-6-27-19-9-7-8-17(12-19)14-23-22(25)24-16(4)18-10-11-20(28-15(2)3)21(13-18)26-5/h7-13,15-16H,6,14H2,1-5H3,(H2,23,24,25). The van der Waals surface area contributed by atoms with Gasteiger partial charge in [-0.25, -0.2) is 4.79 Å². The van der Waals surface area contributed by atoms with E-state index in [1.807, 2.05) is 70.2 Å². The molecule has 6 nitrogen and oxygen atoms in total.